The van der Waals surface area contributed by atoms with Gasteiger partial charge in [-0.1, -0.05) is 0 Å². The lowest BCUT2D eigenvalue weighted by atomic mass is 10.0. The Hall–Kier alpha value is -4.19. The summed E-state index contributed by atoms with van der Waals surface area (Å²) in [7, 11) is 0. The van der Waals surface area contributed by atoms with Crippen molar-refractivity contribution in [3.05, 3.63) is 79.1 Å². The van der Waals surface area contributed by atoms with Crippen LogP contribution in [0.4, 0.5) is 26.3 Å². The molecule has 0 unspecified atom stereocenters. The second-order valence-corrected chi connectivity index (χ2v) is 8.00. The Bertz CT molecular complexity index is 1480. The van der Waals surface area contributed by atoms with Crippen LogP contribution in [0.2, 0.25) is 0 Å². The molecule has 1 aromatic carbocycles. The lowest BCUT2D eigenvalue weighted by Crippen LogP contribution is -2.32. The van der Waals surface area contributed by atoms with Gasteiger partial charge in [0, 0.05) is 30.4 Å². The molecule has 0 amide bonds. The largest absolute Gasteiger partial charge is 0.449 e. The molecule has 0 saturated heterocycles. The van der Waals surface area contributed by atoms with E-state index >= 15 is 0 Å². The van der Waals surface area contributed by atoms with Crippen molar-refractivity contribution in [2.45, 2.75) is 45.1 Å². The molecule has 15 heteroatoms. The molecule has 0 saturated carbocycles. The van der Waals surface area contributed by atoms with E-state index in [0.717, 1.165) is 12.3 Å². The van der Waals surface area contributed by atoms with Gasteiger partial charge in [-0.15, -0.1) is 0 Å². The summed E-state index contributed by atoms with van der Waals surface area (Å²) in [6.07, 6.45) is -5.28. The van der Waals surface area contributed by atoms with E-state index < -0.39 is 59.2 Å². The van der Waals surface area contributed by atoms with Gasteiger partial charge in [-0.3, -0.25) is 14.2 Å². The van der Waals surface area contributed by atoms with Crippen molar-refractivity contribution in [3.8, 4) is 17.6 Å². The summed E-state index contributed by atoms with van der Waals surface area (Å²) < 4.78 is 87.5. The first-order valence-electron chi connectivity index (χ1n) is 10.8. The van der Waals surface area contributed by atoms with Gasteiger partial charge in [0.25, 0.3) is 17.5 Å². The van der Waals surface area contributed by atoms with Crippen LogP contribution in [0.15, 0.2) is 34.2 Å². The predicted octanol–water partition coefficient (Wildman–Crippen LogP) is 3.57. The minimum Gasteiger partial charge on any atom is -0.449 e. The molecule has 0 bridgehead atoms. The van der Waals surface area contributed by atoms with Gasteiger partial charge < -0.3 is 14.8 Å². The van der Waals surface area contributed by atoms with Gasteiger partial charge in [0.15, 0.2) is 5.69 Å². The number of H-pyrrole nitrogens is 1. The van der Waals surface area contributed by atoms with Gasteiger partial charge in [-0.2, -0.15) is 14.0 Å². The van der Waals surface area contributed by atoms with Crippen LogP contribution in [0.25, 0.3) is 0 Å². The average molecular weight is 543 g/mol. The minimum atomic E-state index is -4.98. The topological polar surface area (TPSA) is 134 Å². The average Bonchev–Trinajstić information content (AvgIpc) is 2.87. The zero-order chi connectivity index (χ0) is 28.2. The quantitative estimate of drug-likeness (QED) is 0.374. The van der Waals surface area contributed by atoms with E-state index in [4.69, 9.17) is 9.84 Å². The molecule has 2 aromatic heterocycles. The number of nitrogens with one attached hydrogen (secondary N) is 1. The smallest absolute Gasteiger partial charge is 0.352 e. The number of nitrogens with zero attached hydrogens (tertiary/aromatic N) is 4. The van der Waals surface area contributed by atoms with E-state index in [1.54, 1.807) is 6.07 Å². The maximum absolute atomic E-state index is 14.3. The van der Waals surface area contributed by atoms with Gasteiger partial charge in [0.2, 0.25) is 5.75 Å². The van der Waals surface area contributed by atoms with E-state index in [9.17, 15) is 41.2 Å². The zero-order valence-electron chi connectivity index (χ0n) is 19.5. The molecule has 0 aliphatic heterocycles. The highest BCUT2D eigenvalue weighted by atomic mass is 19.3. The number of hydrogen-bond donors (Lipinski definition) is 2. The van der Waals surface area contributed by atoms with Crippen LogP contribution in [0, 0.1) is 18.3 Å². The van der Waals surface area contributed by atoms with Crippen LogP contribution in [0.1, 0.15) is 46.6 Å². The van der Waals surface area contributed by atoms with Crippen LogP contribution in [-0.4, -0.2) is 37.7 Å². The SMILES string of the molecule is Cc1c(C#N)cc(C(F)F)cc1Oc1c(C(F)(F)C(F)F)ncn(Cc2cnc(CCCO)[nH]c2=O)c1=O. The number of aryl methyl sites for hydroxylation is 1. The molecular weight excluding hydrogens is 524 g/mol. The van der Waals surface area contributed by atoms with Crippen molar-refractivity contribution in [2.24, 2.45) is 0 Å². The van der Waals surface area contributed by atoms with E-state index in [1.165, 1.54) is 6.92 Å². The number of aromatic nitrogens is 4. The van der Waals surface area contributed by atoms with Gasteiger partial charge in [0.05, 0.1) is 30.1 Å². The van der Waals surface area contributed by atoms with Crippen molar-refractivity contribution >= 4 is 0 Å². The summed E-state index contributed by atoms with van der Waals surface area (Å²) in [6.45, 7) is 0.470. The number of benzene rings is 1. The summed E-state index contributed by atoms with van der Waals surface area (Å²) in [5.74, 6) is -6.78. The second kappa shape index (κ2) is 11.5. The van der Waals surface area contributed by atoms with Crippen LogP contribution < -0.4 is 15.9 Å². The first-order chi connectivity index (χ1) is 17.9. The minimum absolute atomic E-state index is 0.128. The summed E-state index contributed by atoms with van der Waals surface area (Å²) in [5.41, 5.74) is -5.24. The number of aliphatic hydroxyl groups is 1. The highest BCUT2D eigenvalue weighted by Crippen LogP contribution is 2.39. The van der Waals surface area contributed by atoms with E-state index in [-0.39, 0.29) is 35.5 Å². The summed E-state index contributed by atoms with van der Waals surface area (Å²) in [5, 5.41) is 18.1. The van der Waals surface area contributed by atoms with Gasteiger partial charge >= 0.3 is 12.3 Å². The Morgan fingerprint density at radius 2 is 1.92 bits per heavy atom. The molecule has 2 N–H and O–H groups in total. The number of aliphatic hydroxyl groups excluding tert-OH is 1. The highest BCUT2D eigenvalue weighted by Gasteiger charge is 2.48. The number of halogens is 6. The van der Waals surface area contributed by atoms with E-state index in [1.807, 2.05) is 0 Å². The summed E-state index contributed by atoms with van der Waals surface area (Å²) >= 11 is 0. The number of nitriles is 1. The van der Waals surface area contributed by atoms with Crippen LogP contribution in [-0.2, 0) is 18.9 Å². The fourth-order valence-electron chi connectivity index (χ4n) is 3.31. The molecule has 9 nitrogen and oxygen atoms in total. The molecule has 0 fully saturated rings. The Balaban J connectivity index is 2.15. The highest BCUT2D eigenvalue weighted by molar-refractivity contribution is 5.51. The molecule has 0 atom stereocenters. The maximum atomic E-state index is 14.3. The Morgan fingerprint density at radius 3 is 2.50 bits per heavy atom. The first kappa shape index (κ1) is 28.4. The van der Waals surface area contributed by atoms with Crippen molar-refractivity contribution in [1.29, 1.82) is 5.26 Å². The third kappa shape index (κ3) is 5.86. The monoisotopic (exact) mass is 543 g/mol. The van der Waals surface area contributed by atoms with Crippen molar-refractivity contribution < 1.29 is 36.2 Å². The third-order valence-corrected chi connectivity index (χ3v) is 5.39. The van der Waals surface area contributed by atoms with Crippen molar-refractivity contribution in [3.63, 3.8) is 0 Å². The normalized spacial score (nSPS) is 11.7. The second-order valence-electron chi connectivity index (χ2n) is 8.00. The standard InChI is InChI=1S/C23H19F6N5O4/c1-11-13(7-30)5-12(19(24)25)6-15(11)38-17-18(23(28,29)22(26)27)32-10-34(21(17)37)9-14-8-31-16(3-2-4-35)33-20(14)36/h5-6,8,10,19,22,35H,2-4,9H2,1H3,(H,31,33,36). The fourth-order valence-corrected chi connectivity index (χ4v) is 3.31. The molecule has 202 valence electrons. The fraction of sp³-hybridized carbons (Fsp3) is 0.348. The molecule has 3 rings (SSSR count). The van der Waals surface area contributed by atoms with Crippen LogP contribution in [0.3, 0.4) is 0 Å². The van der Waals surface area contributed by atoms with Gasteiger partial charge in [-0.25, -0.2) is 27.5 Å². The number of alkyl halides is 6. The van der Waals surface area contributed by atoms with Crippen molar-refractivity contribution in [1.82, 2.24) is 19.5 Å². The molecule has 0 aliphatic carbocycles. The molecule has 0 spiro atoms. The lowest BCUT2D eigenvalue weighted by molar-refractivity contribution is -0.139. The Morgan fingerprint density at radius 1 is 1.21 bits per heavy atom. The predicted molar refractivity (Wildman–Crippen MR) is 119 cm³/mol. The molecular formula is C23H19F6N5O4. The molecule has 38 heavy (non-hydrogen) atoms. The third-order valence-electron chi connectivity index (χ3n) is 5.39. The van der Waals surface area contributed by atoms with Crippen molar-refractivity contribution in [2.75, 3.05) is 6.61 Å². The lowest BCUT2D eigenvalue weighted by Gasteiger charge is -2.20. The van der Waals surface area contributed by atoms with E-state index in [0.29, 0.717) is 23.4 Å². The Labute approximate surface area is 210 Å². The van der Waals surface area contributed by atoms with Crippen LogP contribution in [0.5, 0.6) is 11.5 Å². The Kier molecular flexibility index (Phi) is 8.56. The van der Waals surface area contributed by atoms with Gasteiger partial charge in [0.1, 0.15) is 11.6 Å². The first-order valence-corrected chi connectivity index (χ1v) is 10.8. The summed E-state index contributed by atoms with van der Waals surface area (Å²) in [6, 6.07) is 3.13. The van der Waals surface area contributed by atoms with Crippen LogP contribution >= 0.6 is 0 Å². The molecule has 3 aromatic rings. The summed E-state index contributed by atoms with van der Waals surface area (Å²) in [4.78, 5) is 35.2. The molecule has 2 heterocycles. The zero-order valence-corrected chi connectivity index (χ0v) is 19.5. The van der Waals surface area contributed by atoms with Gasteiger partial charge in [-0.05, 0) is 25.5 Å². The number of ether oxygens (including phenoxy) is 1. The molecule has 0 radical (unpaired) electrons. The number of rotatable bonds is 10. The number of aromatic amines is 1. The number of hydrogen-bond acceptors (Lipinski definition) is 7. The maximum Gasteiger partial charge on any atom is 0.352 e. The van der Waals surface area contributed by atoms with E-state index in [2.05, 4.69) is 15.0 Å². The molecule has 0 aliphatic rings.